The summed E-state index contributed by atoms with van der Waals surface area (Å²) in [6.07, 6.45) is 2.95. The van der Waals surface area contributed by atoms with Crippen LogP contribution >= 0.6 is 0 Å². The maximum Gasteiger partial charge on any atom is 0.410 e. The molecule has 7 heteroatoms. The van der Waals surface area contributed by atoms with Crippen molar-refractivity contribution in [1.29, 1.82) is 0 Å². The molecular weight excluding hydrogens is 562 g/mol. The molecule has 234 valence electrons. The fourth-order valence-corrected chi connectivity index (χ4v) is 6.10. The van der Waals surface area contributed by atoms with E-state index >= 15 is 0 Å². The Hall–Kier alpha value is -4.36. The summed E-state index contributed by atoms with van der Waals surface area (Å²) >= 11 is 0. The molecule has 1 unspecified atom stereocenters. The first-order valence-electron chi connectivity index (χ1n) is 16.0. The minimum Gasteiger partial charge on any atom is -0.473 e. The van der Waals surface area contributed by atoms with Crippen molar-refractivity contribution in [1.82, 2.24) is 14.8 Å². The van der Waals surface area contributed by atoms with Gasteiger partial charge in [0.25, 0.3) is 0 Å². The van der Waals surface area contributed by atoms with Crippen LogP contribution in [0.3, 0.4) is 0 Å². The number of fused-ring (bicyclic) bond motifs is 1. The molecule has 3 aromatic carbocycles. The maximum atomic E-state index is 12.6. The molecule has 0 bridgehead atoms. The lowest BCUT2D eigenvalue weighted by molar-refractivity contribution is 0.00958. The number of pyridine rings is 1. The van der Waals surface area contributed by atoms with Crippen LogP contribution in [-0.4, -0.2) is 58.7 Å². The van der Waals surface area contributed by atoms with E-state index in [2.05, 4.69) is 41.3 Å². The third kappa shape index (κ3) is 8.03. The Bertz CT molecular complexity index is 1580. The van der Waals surface area contributed by atoms with Gasteiger partial charge in [0.1, 0.15) is 18.8 Å². The average Bonchev–Trinajstić information content (AvgIpc) is 3.06. The summed E-state index contributed by atoms with van der Waals surface area (Å²) in [4.78, 5) is 21.8. The number of aromatic nitrogens is 1. The molecule has 0 radical (unpaired) electrons. The molecule has 1 amide bonds. The predicted octanol–water partition coefficient (Wildman–Crippen LogP) is 7.32. The lowest BCUT2D eigenvalue weighted by Gasteiger charge is -2.41. The zero-order chi connectivity index (χ0) is 31.2. The minimum atomic E-state index is -0.476. The van der Waals surface area contributed by atoms with Crippen molar-refractivity contribution in [2.45, 2.75) is 64.9 Å². The summed E-state index contributed by atoms with van der Waals surface area (Å²) in [6.45, 7) is 9.74. The molecule has 1 atom stereocenters. The first kappa shape index (κ1) is 30.7. The molecule has 0 spiro atoms. The average molecular weight is 606 g/mol. The Balaban J connectivity index is 1.17. The highest BCUT2D eigenvalue weighted by molar-refractivity contribution is 5.70. The predicted molar refractivity (Wildman–Crippen MR) is 176 cm³/mol. The van der Waals surface area contributed by atoms with Crippen molar-refractivity contribution in [2.24, 2.45) is 0 Å². The number of hydrogen-bond donors (Lipinski definition) is 0. The highest BCUT2D eigenvalue weighted by Crippen LogP contribution is 2.35. The maximum absolute atomic E-state index is 12.6. The third-order valence-corrected chi connectivity index (χ3v) is 8.48. The van der Waals surface area contributed by atoms with Gasteiger partial charge >= 0.3 is 6.09 Å². The molecule has 1 fully saturated rings. The smallest absolute Gasteiger partial charge is 0.410 e. The van der Waals surface area contributed by atoms with E-state index in [1.165, 1.54) is 11.1 Å². The Morgan fingerprint density at radius 2 is 1.47 bits per heavy atom. The molecule has 2 heterocycles. The molecule has 6 rings (SSSR count). The second-order valence-electron chi connectivity index (χ2n) is 12.9. The van der Waals surface area contributed by atoms with Crippen molar-refractivity contribution in [2.75, 3.05) is 26.2 Å². The van der Waals surface area contributed by atoms with E-state index in [-0.39, 0.29) is 6.09 Å². The Kier molecular flexibility index (Phi) is 9.36. The van der Waals surface area contributed by atoms with Crippen molar-refractivity contribution in [3.8, 4) is 22.9 Å². The summed E-state index contributed by atoms with van der Waals surface area (Å²) < 4.78 is 18.0. The van der Waals surface area contributed by atoms with Crippen LogP contribution in [0, 0.1) is 0 Å². The SMILES string of the molecule is CC(C)(C)OC(=O)N1CCN(C2CCc3ccc(-c4ccc(OCc5ccccc5)nc4OCc4ccccc4)cc3C2)CC1. The van der Waals surface area contributed by atoms with E-state index in [4.69, 9.17) is 19.2 Å². The van der Waals surface area contributed by atoms with Crippen LogP contribution in [0.2, 0.25) is 0 Å². The lowest BCUT2D eigenvalue weighted by atomic mass is 9.85. The lowest BCUT2D eigenvalue weighted by Crippen LogP contribution is -2.53. The topological polar surface area (TPSA) is 64.1 Å². The molecule has 1 saturated heterocycles. The van der Waals surface area contributed by atoms with Crippen molar-refractivity contribution in [3.05, 3.63) is 113 Å². The molecule has 1 aliphatic heterocycles. The number of benzene rings is 3. The number of ether oxygens (including phenoxy) is 3. The van der Waals surface area contributed by atoms with Gasteiger partial charge in [-0.15, -0.1) is 0 Å². The van der Waals surface area contributed by atoms with E-state index in [1.807, 2.05) is 80.3 Å². The Morgan fingerprint density at radius 1 is 0.800 bits per heavy atom. The van der Waals surface area contributed by atoms with Gasteiger partial charge < -0.3 is 19.1 Å². The van der Waals surface area contributed by atoms with Gasteiger partial charge in [-0.2, -0.15) is 4.98 Å². The van der Waals surface area contributed by atoms with Crippen LogP contribution in [0.25, 0.3) is 11.1 Å². The molecule has 0 saturated carbocycles. The molecule has 45 heavy (non-hydrogen) atoms. The first-order chi connectivity index (χ1) is 21.8. The fourth-order valence-electron chi connectivity index (χ4n) is 6.10. The second-order valence-corrected chi connectivity index (χ2v) is 12.9. The number of carbonyl (C=O) groups is 1. The quantitative estimate of drug-likeness (QED) is 0.210. The summed E-state index contributed by atoms with van der Waals surface area (Å²) in [6, 6.07) is 31.5. The molecule has 4 aromatic rings. The van der Waals surface area contributed by atoms with Crippen molar-refractivity contribution < 1.29 is 19.0 Å². The Morgan fingerprint density at radius 3 is 2.13 bits per heavy atom. The fraction of sp³-hybridized carbons (Fsp3) is 0.368. The molecular formula is C38H43N3O4. The van der Waals surface area contributed by atoms with Gasteiger partial charge in [-0.1, -0.05) is 78.9 Å². The highest BCUT2D eigenvalue weighted by atomic mass is 16.6. The number of piperazine rings is 1. The highest BCUT2D eigenvalue weighted by Gasteiger charge is 2.31. The van der Waals surface area contributed by atoms with E-state index in [0.717, 1.165) is 54.6 Å². The van der Waals surface area contributed by atoms with Gasteiger partial charge in [-0.05, 0) is 73.9 Å². The van der Waals surface area contributed by atoms with Gasteiger partial charge in [0.2, 0.25) is 11.8 Å². The van der Waals surface area contributed by atoms with Crippen LogP contribution in [0.4, 0.5) is 4.79 Å². The zero-order valence-electron chi connectivity index (χ0n) is 26.6. The van der Waals surface area contributed by atoms with E-state index in [0.29, 0.717) is 44.1 Å². The van der Waals surface area contributed by atoms with Gasteiger partial charge in [0.15, 0.2) is 0 Å². The van der Waals surface area contributed by atoms with E-state index in [9.17, 15) is 4.79 Å². The largest absolute Gasteiger partial charge is 0.473 e. The number of nitrogens with zero attached hydrogens (tertiary/aromatic N) is 3. The Labute approximate surface area is 266 Å². The van der Waals surface area contributed by atoms with Gasteiger partial charge in [0.05, 0.1) is 0 Å². The van der Waals surface area contributed by atoms with Crippen molar-refractivity contribution in [3.63, 3.8) is 0 Å². The second kappa shape index (κ2) is 13.7. The summed E-state index contributed by atoms with van der Waals surface area (Å²) in [7, 11) is 0. The minimum absolute atomic E-state index is 0.212. The number of amides is 1. The monoisotopic (exact) mass is 605 g/mol. The standard InChI is InChI=1S/C38H43N3O4/c1-38(2,3)45-37(42)41-22-20-40(21-23-41)33-17-16-30-14-15-31(24-32(30)25-33)34-18-19-35(43-26-28-10-6-4-7-11-28)39-36(34)44-27-29-12-8-5-9-13-29/h4-15,18-19,24,33H,16-17,20-23,25-27H2,1-3H3. The van der Waals surface area contributed by atoms with Crippen LogP contribution < -0.4 is 9.47 Å². The van der Waals surface area contributed by atoms with Crippen LogP contribution in [0.15, 0.2) is 91.0 Å². The summed E-state index contributed by atoms with van der Waals surface area (Å²) in [5.41, 5.74) is 6.52. The zero-order valence-corrected chi connectivity index (χ0v) is 26.6. The van der Waals surface area contributed by atoms with E-state index in [1.54, 1.807) is 0 Å². The molecule has 1 aliphatic carbocycles. The van der Waals surface area contributed by atoms with Gasteiger partial charge in [0, 0.05) is 43.9 Å². The number of aryl methyl sites for hydroxylation is 1. The molecule has 7 nitrogen and oxygen atoms in total. The first-order valence-corrected chi connectivity index (χ1v) is 16.0. The van der Waals surface area contributed by atoms with Crippen molar-refractivity contribution >= 4 is 6.09 Å². The molecule has 0 N–H and O–H groups in total. The third-order valence-electron chi connectivity index (χ3n) is 8.48. The normalized spacial score (nSPS) is 17.0. The van der Waals surface area contributed by atoms with Crippen LogP contribution in [0.5, 0.6) is 11.8 Å². The number of hydrogen-bond acceptors (Lipinski definition) is 6. The van der Waals surface area contributed by atoms with E-state index < -0.39 is 5.60 Å². The van der Waals surface area contributed by atoms with Crippen LogP contribution in [0.1, 0.15) is 49.4 Å². The molecule has 2 aliphatic rings. The summed E-state index contributed by atoms with van der Waals surface area (Å²) in [5, 5.41) is 0. The summed E-state index contributed by atoms with van der Waals surface area (Å²) in [5.74, 6) is 1.10. The van der Waals surface area contributed by atoms with Gasteiger partial charge in [-0.3, -0.25) is 4.90 Å². The van der Waals surface area contributed by atoms with Crippen LogP contribution in [-0.2, 0) is 30.8 Å². The number of carbonyl (C=O) groups excluding carboxylic acids is 1. The number of rotatable bonds is 8. The molecule has 1 aromatic heterocycles. The van der Waals surface area contributed by atoms with Gasteiger partial charge in [-0.25, -0.2) is 4.79 Å².